The molecule has 1 spiro atoms. The quantitative estimate of drug-likeness (QED) is 0.781. The van der Waals surface area contributed by atoms with Crippen molar-refractivity contribution in [1.82, 2.24) is 4.90 Å². The highest BCUT2D eigenvalue weighted by Crippen LogP contribution is 2.35. The molecule has 3 aliphatic rings. The number of nitrogens with zero attached hydrogens (tertiary/aromatic N) is 1. The van der Waals surface area contributed by atoms with Crippen LogP contribution in [-0.4, -0.2) is 62.0 Å². The first-order valence-corrected chi connectivity index (χ1v) is 7.76. The van der Waals surface area contributed by atoms with Crippen molar-refractivity contribution in [3.8, 4) is 0 Å². The third-order valence-electron chi connectivity index (χ3n) is 4.76. The molecule has 0 bridgehead atoms. The zero-order chi connectivity index (χ0) is 14.0. The fourth-order valence-electron chi connectivity index (χ4n) is 3.40. The van der Waals surface area contributed by atoms with E-state index < -0.39 is 0 Å². The van der Waals surface area contributed by atoms with E-state index in [2.05, 4.69) is 0 Å². The van der Waals surface area contributed by atoms with Crippen molar-refractivity contribution in [2.75, 3.05) is 39.5 Å². The topological polar surface area (TPSA) is 48.0 Å². The second-order valence-corrected chi connectivity index (χ2v) is 6.41. The van der Waals surface area contributed by atoms with Crippen LogP contribution in [0.4, 0.5) is 0 Å². The lowest BCUT2D eigenvalue weighted by molar-refractivity contribution is -0.202. The van der Waals surface area contributed by atoms with E-state index in [9.17, 15) is 4.79 Å². The first-order valence-electron chi connectivity index (χ1n) is 7.76. The normalized spacial score (nSPS) is 30.2. The summed E-state index contributed by atoms with van der Waals surface area (Å²) >= 11 is 0. The van der Waals surface area contributed by atoms with E-state index in [0.717, 1.165) is 65.2 Å². The van der Waals surface area contributed by atoms with Crippen LogP contribution < -0.4 is 0 Å². The molecular weight excluding hydrogens is 258 g/mol. The van der Waals surface area contributed by atoms with Crippen LogP contribution in [0.3, 0.4) is 0 Å². The number of hydrogen-bond donors (Lipinski definition) is 0. The Kier molecular flexibility index (Phi) is 4.29. The smallest absolute Gasteiger partial charge is 0.219 e. The van der Waals surface area contributed by atoms with Gasteiger partial charge in [0.2, 0.25) is 5.91 Å². The third-order valence-corrected chi connectivity index (χ3v) is 4.76. The molecule has 5 heteroatoms. The summed E-state index contributed by atoms with van der Waals surface area (Å²) in [5, 5.41) is 0. The van der Waals surface area contributed by atoms with E-state index in [-0.39, 0.29) is 11.5 Å². The molecule has 3 heterocycles. The molecule has 1 atom stereocenters. The molecule has 0 aliphatic carbocycles. The van der Waals surface area contributed by atoms with Gasteiger partial charge in [-0.15, -0.1) is 0 Å². The van der Waals surface area contributed by atoms with Crippen molar-refractivity contribution in [3.05, 3.63) is 0 Å². The average molecular weight is 283 g/mol. The summed E-state index contributed by atoms with van der Waals surface area (Å²) in [6.45, 7) is 6.44. The fourth-order valence-corrected chi connectivity index (χ4v) is 3.40. The minimum Gasteiger partial charge on any atom is -0.381 e. The summed E-state index contributed by atoms with van der Waals surface area (Å²) in [6.07, 6.45) is 4.44. The molecule has 0 aromatic rings. The average Bonchev–Trinajstić information content (AvgIpc) is 2.44. The van der Waals surface area contributed by atoms with Gasteiger partial charge in [-0.3, -0.25) is 4.79 Å². The molecule has 0 radical (unpaired) electrons. The summed E-state index contributed by atoms with van der Waals surface area (Å²) in [5.41, 5.74) is -0.121. The third kappa shape index (κ3) is 3.15. The summed E-state index contributed by atoms with van der Waals surface area (Å²) < 4.78 is 17.4. The molecule has 0 unspecified atom stereocenters. The van der Waals surface area contributed by atoms with Gasteiger partial charge in [0.1, 0.15) is 5.60 Å². The minimum atomic E-state index is -0.121. The Bertz CT molecular complexity index is 348. The number of ether oxygens (including phenoxy) is 3. The Hall–Kier alpha value is -0.650. The van der Waals surface area contributed by atoms with Crippen LogP contribution in [0.2, 0.25) is 0 Å². The zero-order valence-corrected chi connectivity index (χ0v) is 12.3. The Morgan fingerprint density at radius 2 is 2.00 bits per heavy atom. The van der Waals surface area contributed by atoms with Crippen LogP contribution in [0, 0.1) is 5.92 Å². The Labute approximate surface area is 120 Å². The van der Waals surface area contributed by atoms with E-state index in [1.54, 1.807) is 6.92 Å². The summed E-state index contributed by atoms with van der Waals surface area (Å²) in [6, 6.07) is 0. The van der Waals surface area contributed by atoms with Crippen LogP contribution in [0.25, 0.3) is 0 Å². The fraction of sp³-hybridized carbons (Fsp3) is 0.933. The van der Waals surface area contributed by atoms with Crippen LogP contribution >= 0.6 is 0 Å². The van der Waals surface area contributed by atoms with Gasteiger partial charge in [0.15, 0.2) is 0 Å². The second kappa shape index (κ2) is 6.00. The van der Waals surface area contributed by atoms with E-state index in [4.69, 9.17) is 14.2 Å². The molecule has 114 valence electrons. The monoisotopic (exact) mass is 283 g/mol. The highest BCUT2D eigenvalue weighted by molar-refractivity contribution is 5.74. The second-order valence-electron chi connectivity index (χ2n) is 6.41. The van der Waals surface area contributed by atoms with Crippen LogP contribution in [0.1, 0.15) is 32.6 Å². The molecule has 0 aromatic heterocycles. The van der Waals surface area contributed by atoms with Crippen LogP contribution in [-0.2, 0) is 19.0 Å². The molecular formula is C15H25NO4. The van der Waals surface area contributed by atoms with Crippen molar-refractivity contribution in [1.29, 1.82) is 0 Å². The SMILES string of the molecule is CC(=O)N1CC2(C[C@@H](OCC3CCOCC3)CCO2)C1. The van der Waals surface area contributed by atoms with Crippen molar-refractivity contribution in [3.63, 3.8) is 0 Å². The van der Waals surface area contributed by atoms with Gasteiger partial charge in [-0.25, -0.2) is 0 Å². The maximum atomic E-state index is 11.3. The zero-order valence-electron chi connectivity index (χ0n) is 12.3. The van der Waals surface area contributed by atoms with Crippen molar-refractivity contribution in [2.45, 2.75) is 44.3 Å². The summed E-state index contributed by atoms with van der Waals surface area (Å²) in [5.74, 6) is 0.794. The lowest BCUT2D eigenvalue weighted by Crippen LogP contribution is -2.67. The predicted molar refractivity (Wildman–Crippen MR) is 73.5 cm³/mol. The number of likely N-dealkylation sites (tertiary alicyclic amines) is 1. The van der Waals surface area contributed by atoms with Crippen LogP contribution in [0.15, 0.2) is 0 Å². The summed E-state index contributed by atoms with van der Waals surface area (Å²) in [4.78, 5) is 13.1. The molecule has 1 amide bonds. The molecule has 3 saturated heterocycles. The van der Waals surface area contributed by atoms with Gasteiger partial charge in [0.25, 0.3) is 0 Å². The van der Waals surface area contributed by atoms with E-state index in [1.807, 2.05) is 4.90 Å². The maximum absolute atomic E-state index is 11.3. The Morgan fingerprint density at radius 3 is 2.70 bits per heavy atom. The van der Waals surface area contributed by atoms with Crippen molar-refractivity contribution in [2.24, 2.45) is 5.92 Å². The van der Waals surface area contributed by atoms with E-state index in [1.165, 1.54) is 0 Å². The molecule has 5 nitrogen and oxygen atoms in total. The molecule has 0 aromatic carbocycles. The lowest BCUT2D eigenvalue weighted by Gasteiger charge is -2.52. The number of carbonyl (C=O) groups is 1. The standard InChI is InChI=1S/C15H25NO4/c1-12(17)16-10-15(11-16)8-14(4-7-20-15)19-9-13-2-5-18-6-3-13/h13-14H,2-11H2,1H3/t14-/m0/s1. The van der Waals surface area contributed by atoms with Gasteiger partial charge in [-0.1, -0.05) is 0 Å². The maximum Gasteiger partial charge on any atom is 0.219 e. The van der Waals surface area contributed by atoms with Gasteiger partial charge >= 0.3 is 0 Å². The lowest BCUT2D eigenvalue weighted by atomic mass is 9.84. The highest BCUT2D eigenvalue weighted by Gasteiger charge is 2.48. The first kappa shape index (κ1) is 14.3. The van der Waals surface area contributed by atoms with E-state index >= 15 is 0 Å². The number of hydrogen-bond acceptors (Lipinski definition) is 4. The molecule has 0 saturated carbocycles. The van der Waals surface area contributed by atoms with E-state index in [0.29, 0.717) is 12.0 Å². The first-order chi connectivity index (χ1) is 9.67. The molecule has 20 heavy (non-hydrogen) atoms. The summed E-state index contributed by atoms with van der Waals surface area (Å²) in [7, 11) is 0. The predicted octanol–water partition coefficient (Wildman–Crippen LogP) is 1.21. The number of carbonyl (C=O) groups excluding carboxylic acids is 1. The number of rotatable bonds is 3. The highest BCUT2D eigenvalue weighted by atomic mass is 16.5. The molecule has 0 N–H and O–H groups in total. The number of amides is 1. The van der Waals surface area contributed by atoms with Crippen LogP contribution in [0.5, 0.6) is 0 Å². The minimum absolute atomic E-state index is 0.121. The van der Waals surface area contributed by atoms with Crippen molar-refractivity contribution >= 4 is 5.91 Å². The largest absolute Gasteiger partial charge is 0.381 e. The Morgan fingerprint density at radius 1 is 1.25 bits per heavy atom. The van der Waals surface area contributed by atoms with Gasteiger partial charge < -0.3 is 19.1 Å². The van der Waals surface area contributed by atoms with Crippen molar-refractivity contribution < 1.29 is 19.0 Å². The molecule has 3 aliphatic heterocycles. The molecule has 3 rings (SSSR count). The van der Waals surface area contributed by atoms with Gasteiger partial charge in [-0.05, 0) is 25.2 Å². The van der Waals surface area contributed by atoms with Gasteiger partial charge in [0, 0.05) is 39.8 Å². The molecule has 3 fully saturated rings. The van der Waals surface area contributed by atoms with Gasteiger partial charge in [-0.2, -0.15) is 0 Å². The van der Waals surface area contributed by atoms with Gasteiger partial charge in [0.05, 0.1) is 19.2 Å². The Balaban J connectivity index is 1.43.